The predicted molar refractivity (Wildman–Crippen MR) is 329 cm³/mol. The minimum atomic E-state index is -0.134. The molecule has 2 heteroatoms. The van der Waals surface area contributed by atoms with Gasteiger partial charge in [-0.2, -0.15) is 0 Å². The molecule has 10 unspecified atom stereocenters. The molecular formula is C77H102O2. The lowest BCUT2D eigenvalue weighted by Crippen LogP contribution is -2.50. The van der Waals surface area contributed by atoms with E-state index >= 15 is 0 Å². The van der Waals surface area contributed by atoms with E-state index in [2.05, 4.69) is 152 Å². The van der Waals surface area contributed by atoms with Crippen LogP contribution in [0.1, 0.15) is 230 Å². The fraction of sp³-hybridized carbons (Fsp3) is 0.662. The summed E-state index contributed by atoms with van der Waals surface area (Å²) in [5, 5.41) is 23.2. The summed E-state index contributed by atoms with van der Waals surface area (Å²) in [6.45, 7) is 17.3. The van der Waals surface area contributed by atoms with Crippen molar-refractivity contribution in [2.75, 3.05) is 0 Å². The molecule has 0 aliphatic heterocycles. The van der Waals surface area contributed by atoms with Crippen molar-refractivity contribution in [3.8, 4) is 12.3 Å². The molecule has 2 N–H and O–H groups in total. The van der Waals surface area contributed by atoms with Crippen LogP contribution in [0.4, 0.5) is 0 Å². The molecule has 3 aromatic carbocycles. The Hall–Kier alpha value is -3.64. The van der Waals surface area contributed by atoms with Crippen LogP contribution < -0.4 is 0 Å². The second kappa shape index (κ2) is 20.3. The van der Waals surface area contributed by atoms with E-state index in [0.29, 0.717) is 33.5 Å². The SMILES string of the molecule is C#C[C@H]1CCC2(C)C3=C(C=CC12C)[C@@]1(C)CC[C@@H](O)C[C@H]1C=C3.C[C@@]12CCCC1C1CCc3ccccc3C1CC2.C[C@@]12CCCC1c1ccc3ccccc3c1CC2.C[C@]12CCC3C(CC[C@H]4CCC=C[C@]34C)C1CC(O)C2. The number of allylic oxidation sites excluding steroid dienone is 8. The van der Waals surface area contributed by atoms with Crippen molar-refractivity contribution in [3.05, 3.63) is 131 Å². The van der Waals surface area contributed by atoms with Gasteiger partial charge < -0.3 is 10.2 Å². The van der Waals surface area contributed by atoms with E-state index < -0.39 is 0 Å². The van der Waals surface area contributed by atoms with Crippen LogP contribution in [0, 0.1) is 97.6 Å². The highest BCUT2D eigenvalue weighted by atomic mass is 16.3. The number of rotatable bonds is 0. The Morgan fingerprint density at radius 2 is 1.37 bits per heavy atom. The first-order valence-electron chi connectivity index (χ1n) is 33.1. The molecule has 2 nitrogen and oxygen atoms in total. The molecule has 13 aliphatic carbocycles. The summed E-state index contributed by atoms with van der Waals surface area (Å²) in [7, 11) is 0. The molecule has 0 radical (unpaired) electrons. The van der Waals surface area contributed by atoms with Gasteiger partial charge in [0.2, 0.25) is 0 Å². The Kier molecular flexibility index (Phi) is 14.0. The maximum absolute atomic E-state index is 10.2. The fourth-order valence-electron chi connectivity index (χ4n) is 22.7. The third-order valence-corrected chi connectivity index (χ3v) is 27.7. The quantitative estimate of drug-likeness (QED) is 0.174. The molecule has 0 aromatic heterocycles. The smallest absolute Gasteiger partial charge is 0.0548 e. The standard InChI is InChI=1S/C22H28O.C19H30O.C18H24.C18H20/c1-5-15-8-12-22(4)19-7-6-16-14-17(23)9-11-20(16,2)18(19)10-13-21(15,22)3;1-18-10-8-16-15(17(18)11-14(20)12-18)7-6-13-5-3-4-9-19(13,16)2;2*1-18-11-4-7-17(18)16-9-8-13-5-2-3-6-14(13)15(16)10-12-18/h1,6-7,10,13,15-17,23H,8-9,11-12,14H2,2-4H3;4,9,13-17,20H,3,5-8,10-12H2,1-2H3;2-3,5-6,15-17H,4,7-12H2,1H3;2-3,5-6,8-9,17H,4,7,10-12H2,1H3/t15-,16+,17+,20-,21?,22?;13-,14?,15?,16?,17?,18-,19+;15?,16?,17?,18-;17?,18-/m0100/s1. The molecule has 0 bridgehead atoms. The zero-order chi connectivity index (χ0) is 54.7. The molecule has 0 heterocycles. The molecule has 8 saturated carbocycles. The Morgan fingerprint density at radius 3 is 2.23 bits per heavy atom. The lowest BCUT2D eigenvalue weighted by Gasteiger charge is -2.58. The highest BCUT2D eigenvalue weighted by molar-refractivity contribution is 5.87. The maximum Gasteiger partial charge on any atom is 0.0548 e. The number of fused-ring (bicyclic) bond motifs is 19. The van der Waals surface area contributed by atoms with Crippen molar-refractivity contribution in [1.29, 1.82) is 0 Å². The summed E-state index contributed by atoms with van der Waals surface area (Å²) in [5.41, 5.74) is 12.3. The number of aliphatic hydroxyl groups excluding tert-OH is 2. The Morgan fingerprint density at radius 1 is 0.570 bits per heavy atom. The third kappa shape index (κ3) is 8.80. The first-order chi connectivity index (χ1) is 37.9. The summed E-state index contributed by atoms with van der Waals surface area (Å²) in [4.78, 5) is 0. The molecule has 422 valence electrons. The van der Waals surface area contributed by atoms with Crippen molar-refractivity contribution in [2.24, 2.45) is 85.2 Å². The van der Waals surface area contributed by atoms with E-state index in [1.807, 2.05) is 0 Å². The van der Waals surface area contributed by atoms with Gasteiger partial charge in [0, 0.05) is 16.7 Å². The molecule has 16 rings (SSSR count). The molecule has 8 fully saturated rings. The van der Waals surface area contributed by atoms with E-state index in [1.54, 1.807) is 22.3 Å². The topological polar surface area (TPSA) is 40.5 Å². The van der Waals surface area contributed by atoms with E-state index in [9.17, 15) is 10.2 Å². The van der Waals surface area contributed by atoms with Gasteiger partial charge >= 0.3 is 0 Å². The number of aliphatic hydroxyl groups is 2. The molecule has 13 aliphatic rings. The van der Waals surface area contributed by atoms with Crippen LogP contribution in [0.15, 0.2) is 108 Å². The minimum Gasteiger partial charge on any atom is -0.393 e. The van der Waals surface area contributed by atoms with Crippen molar-refractivity contribution < 1.29 is 10.2 Å². The second-order valence-electron chi connectivity index (χ2n) is 31.3. The highest BCUT2D eigenvalue weighted by Crippen LogP contribution is 2.68. The third-order valence-electron chi connectivity index (χ3n) is 27.7. The fourth-order valence-corrected chi connectivity index (χ4v) is 22.7. The number of hydrogen-bond donors (Lipinski definition) is 2. The zero-order valence-electron chi connectivity index (χ0n) is 50.3. The van der Waals surface area contributed by atoms with Gasteiger partial charge in [-0.15, -0.1) is 12.3 Å². The number of hydrogen-bond acceptors (Lipinski definition) is 2. The van der Waals surface area contributed by atoms with Gasteiger partial charge in [0.15, 0.2) is 0 Å². The molecule has 0 amide bonds. The number of benzene rings is 3. The van der Waals surface area contributed by atoms with Crippen molar-refractivity contribution >= 4 is 10.8 Å². The van der Waals surface area contributed by atoms with Gasteiger partial charge in [0.05, 0.1) is 12.2 Å². The van der Waals surface area contributed by atoms with Crippen molar-refractivity contribution in [3.63, 3.8) is 0 Å². The van der Waals surface area contributed by atoms with Gasteiger partial charge in [-0.1, -0.05) is 158 Å². The zero-order valence-corrected chi connectivity index (χ0v) is 50.3. The largest absolute Gasteiger partial charge is 0.393 e. The summed E-state index contributed by atoms with van der Waals surface area (Å²) in [6.07, 6.45) is 53.2. The average molecular weight is 1060 g/mol. The van der Waals surface area contributed by atoms with Crippen LogP contribution in [0.2, 0.25) is 0 Å². The first-order valence-corrected chi connectivity index (χ1v) is 33.1. The molecule has 0 spiro atoms. The normalized spacial score (nSPS) is 45.9. The van der Waals surface area contributed by atoms with Gasteiger partial charge in [0.25, 0.3) is 0 Å². The van der Waals surface area contributed by atoms with Crippen LogP contribution in [0.5, 0.6) is 0 Å². The summed E-state index contributed by atoms with van der Waals surface area (Å²) >= 11 is 0. The van der Waals surface area contributed by atoms with Crippen molar-refractivity contribution in [2.45, 2.75) is 233 Å². The Bertz CT molecular complexity index is 2960. The van der Waals surface area contributed by atoms with Crippen LogP contribution in [0.25, 0.3) is 10.8 Å². The van der Waals surface area contributed by atoms with E-state index in [0.717, 1.165) is 85.9 Å². The minimum absolute atomic E-state index is 0.0174. The summed E-state index contributed by atoms with van der Waals surface area (Å²) < 4.78 is 0. The molecule has 79 heavy (non-hydrogen) atoms. The van der Waals surface area contributed by atoms with Gasteiger partial charge in [0.1, 0.15) is 0 Å². The summed E-state index contributed by atoms with van der Waals surface area (Å²) in [6, 6.07) is 22.9. The lowest BCUT2D eigenvalue weighted by atomic mass is 9.46. The van der Waals surface area contributed by atoms with Gasteiger partial charge in [-0.25, -0.2) is 0 Å². The lowest BCUT2D eigenvalue weighted by molar-refractivity contribution is -0.0679. The van der Waals surface area contributed by atoms with Gasteiger partial charge in [-0.3, -0.25) is 0 Å². The maximum atomic E-state index is 10.2. The predicted octanol–water partition coefficient (Wildman–Crippen LogP) is 19.2. The monoisotopic (exact) mass is 1060 g/mol. The molecular weight excluding hydrogens is 957 g/mol. The van der Waals surface area contributed by atoms with E-state index in [-0.39, 0.29) is 28.5 Å². The van der Waals surface area contributed by atoms with Crippen LogP contribution in [-0.4, -0.2) is 22.4 Å². The number of terminal acetylenes is 1. The highest BCUT2D eigenvalue weighted by Gasteiger charge is 2.60. The van der Waals surface area contributed by atoms with Crippen LogP contribution >= 0.6 is 0 Å². The van der Waals surface area contributed by atoms with Crippen LogP contribution in [-0.2, 0) is 12.8 Å². The van der Waals surface area contributed by atoms with Crippen LogP contribution in [0.3, 0.4) is 0 Å². The van der Waals surface area contributed by atoms with E-state index in [1.165, 1.54) is 144 Å². The van der Waals surface area contributed by atoms with E-state index in [4.69, 9.17) is 6.42 Å². The van der Waals surface area contributed by atoms with Crippen molar-refractivity contribution in [1.82, 2.24) is 0 Å². The second-order valence-corrected chi connectivity index (χ2v) is 31.3. The summed E-state index contributed by atoms with van der Waals surface area (Å²) in [5.74, 6) is 11.1. The average Bonchev–Trinajstić information content (AvgIpc) is 4.42. The first kappa shape index (κ1) is 54.6. The number of aryl methyl sites for hydroxylation is 2. The Labute approximate surface area is 479 Å². The Balaban J connectivity index is 0.000000100. The molecule has 0 saturated heterocycles. The van der Waals surface area contributed by atoms with Gasteiger partial charge in [-0.05, 0) is 272 Å². The molecule has 19 atom stereocenters. The molecule has 3 aromatic rings.